The fourth-order valence-corrected chi connectivity index (χ4v) is 2.73. The molecule has 1 nitrogen and oxygen atoms in total. The molecule has 17 heavy (non-hydrogen) atoms. The van der Waals surface area contributed by atoms with Crippen molar-refractivity contribution in [3.05, 3.63) is 34.9 Å². The van der Waals surface area contributed by atoms with Crippen LogP contribution in [0.5, 0.6) is 0 Å². The van der Waals surface area contributed by atoms with Gasteiger partial charge in [-0.25, -0.2) is 0 Å². The monoisotopic (exact) mass is 251 g/mol. The fraction of sp³-hybridized carbons (Fsp3) is 0.600. The van der Waals surface area contributed by atoms with Crippen LogP contribution >= 0.6 is 11.6 Å². The van der Waals surface area contributed by atoms with Crippen molar-refractivity contribution >= 4 is 11.6 Å². The maximum atomic E-state index is 5.89. The fourth-order valence-electron chi connectivity index (χ4n) is 2.60. The van der Waals surface area contributed by atoms with E-state index in [1.54, 1.807) is 0 Å². The van der Waals surface area contributed by atoms with Crippen molar-refractivity contribution in [2.75, 3.05) is 6.54 Å². The summed E-state index contributed by atoms with van der Waals surface area (Å²) in [5.74, 6) is 0.888. The van der Waals surface area contributed by atoms with Crippen LogP contribution in [0.15, 0.2) is 24.3 Å². The number of benzene rings is 1. The lowest BCUT2D eigenvalue weighted by molar-refractivity contribution is 0.331. The highest BCUT2D eigenvalue weighted by Gasteiger charge is 2.14. The van der Waals surface area contributed by atoms with E-state index in [4.69, 9.17) is 11.6 Å². The smallest absolute Gasteiger partial charge is 0.0406 e. The highest BCUT2D eigenvalue weighted by atomic mass is 35.5. The summed E-state index contributed by atoms with van der Waals surface area (Å²) in [4.78, 5) is 0. The minimum atomic E-state index is 0.425. The molecule has 0 bridgehead atoms. The summed E-state index contributed by atoms with van der Waals surface area (Å²) in [5.41, 5.74) is 1.32. The Labute approximate surface area is 110 Å². The van der Waals surface area contributed by atoms with E-state index in [9.17, 15) is 0 Å². The highest BCUT2D eigenvalue weighted by Crippen LogP contribution is 2.24. The van der Waals surface area contributed by atoms with Crippen LogP contribution in [0, 0.1) is 5.92 Å². The van der Waals surface area contributed by atoms with Crippen LogP contribution in [0.1, 0.15) is 50.6 Å². The van der Waals surface area contributed by atoms with Crippen molar-refractivity contribution in [1.29, 1.82) is 0 Å². The van der Waals surface area contributed by atoms with Crippen molar-refractivity contribution in [2.24, 2.45) is 5.92 Å². The molecule has 1 aliphatic rings. The first-order valence-electron chi connectivity index (χ1n) is 6.74. The Morgan fingerprint density at radius 2 is 1.82 bits per heavy atom. The summed E-state index contributed by atoms with van der Waals surface area (Å²) in [5, 5.41) is 4.46. The van der Waals surface area contributed by atoms with Crippen molar-refractivity contribution < 1.29 is 0 Å². The van der Waals surface area contributed by atoms with E-state index < -0.39 is 0 Å². The maximum Gasteiger partial charge on any atom is 0.0406 e. The molecule has 1 fully saturated rings. The van der Waals surface area contributed by atoms with Crippen molar-refractivity contribution in [1.82, 2.24) is 5.32 Å². The van der Waals surface area contributed by atoms with Gasteiger partial charge in [0.25, 0.3) is 0 Å². The second-order valence-corrected chi connectivity index (χ2v) is 5.62. The Balaban J connectivity index is 1.80. The van der Waals surface area contributed by atoms with E-state index >= 15 is 0 Å². The van der Waals surface area contributed by atoms with Crippen LogP contribution in [-0.2, 0) is 0 Å². The van der Waals surface area contributed by atoms with Gasteiger partial charge in [0.15, 0.2) is 0 Å². The topological polar surface area (TPSA) is 12.0 Å². The van der Waals surface area contributed by atoms with Crippen LogP contribution in [0.3, 0.4) is 0 Å². The van der Waals surface area contributed by atoms with Gasteiger partial charge < -0.3 is 5.32 Å². The molecule has 2 rings (SSSR count). The van der Waals surface area contributed by atoms with Gasteiger partial charge in [-0.15, -0.1) is 0 Å². The number of nitrogens with one attached hydrogen (secondary N) is 1. The normalized spacial score (nSPS) is 19.2. The molecule has 1 aromatic rings. The minimum Gasteiger partial charge on any atom is -0.310 e. The molecular formula is C15H22ClN. The minimum absolute atomic E-state index is 0.425. The predicted octanol–water partition coefficient (Wildman–Crippen LogP) is 4.57. The number of hydrogen-bond acceptors (Lipinski definition) is 1. The second-order valence-electron chi connectivity index (χ2n) is 5.19. The third kappa shape index (κ3) is 4.01. The van der Waals surface area contributed by atoms with E-state index in [2.05, 4.69) is 24.4 Å². The molecular weight excluding hydrogens is 230 g/mol. The summed E-state index contributed by atoms with van der Waals surface area (Å²) in [6, 6.07) is 8.58. The van der Waals surface area contributed by atoms with E-state index in [-0.39, 0.29) is 0 Å². The summed E-state index contributed by atoms with van der Waals surface area (Å²) < 4.78 is 0. The van der Waals surface area contributed by atoms with Crippen LogP contribution in [0.25, 0.3) is 0 Å². The Hall–Kier alpha value is -0.530. The third-order valence-electron chi connectivity index (χ3n) is 3.81. The number of halogens is 1. The van der Waals surface area contributed by atoms with Gasteiger partial charge in [-0.1, -0.05) is 43.0 Å². The summed E-state index contributed by atoms with van der Waals surface area (Å²) in [6.45, 7) is 3.38. The van der Waals surface area contributed by atoms with E-state index in [0.717, 1.165) is 17.5 Å². The number of rotatable bonds is 4. The van der Waals surface area contributed by atoms with Crippen LogP contribution in [0.4, 0.5) is 0 Å². The maximum absolute atomic E-state index is 5.89. The largest absolute Gasteiger partial charge is 0.310 e. The summed E-state index contributed by atoms with van der Waals surface area (Å²) in [7, 11) is 0. The van der Waals surface area contributed by atoms with Gasteiger partial charge in [-0.2, -0.15) is 0 Å². The average molecular weight is 252 g/mol. The zero-order chi connectivity index (χ0) is 12.1. The molecule has 1 atom stereocenters. The molecule has 0 radical (unpaired) electrons. The van der Waals surface area contributed by atoms with Crippen molar-refractivity contribution in [2.45, 2.75) is 45.1 Å². The standard InChI is InChI=1S/C15H22ClN/c1-12(14-7-9-15(16)10-8-14)17-11-13-5-3-2-4-6-13/h7-10,12-13,17H,2-6,11H2,1H3. The van der Waals surface area contributed by atoms with Crippen molar-refractivity contribution in [3.8, 4) is 0 Å². The Bertz CT molecular complexity index is 327. The molecule has 1 saturated carbocycles. The van der Waals surface area contributed by atoms with E-state index in [0.29, 0.717) is 6.04 Å². The predicted molar refractivity (Wildman–Crippen MR) is 74.4 cm³/mol. The lowest BCUT2D eigenvalue weighted by Gasteiger charge is -2.24. The van der Waals surface area contributed by atoms with Gasteiger partial charge in [-0.3, -0.25) is 0 Å². The quantitative estimate of drug-likeness (QED) is 0.827. The van der Waals surface area contributed by atoms with Gasteiger partial charge in [0.2, 0.25) is 0 Å². The molecule has 2 heteroatoms. The van der Waals surface area contributed by atoms with E-state index in [1.807, 2.05) is 12.1 Å². The molecule has 0 aliphatic heterocycles. The summed E-state index contributed by atoms with van der Waals surface area (Å²) in [6.07, 6.45) is 7.08. The molecule has 0 spiro atoms. The molecule has 1 unspecified atom stereocenters. The third-order valence-corrected chi connectivity index (χ3v) is 4.06. The first kappa shape index (κ1) is 12.9. The van der Waals surface area contributed by atoms with Crippen LogP contribution in [-0.4, -0.2) is 6.54 Å². The lowest BCUT2D eigenvalue weighted by Crippen LogP contribution is -2.27. The zero-order valence-corrected chi connectivity index (χ0v) is 11.3. The Morgan fingerprint density at radius 1 is 1.18 bits per heavy atom. The van der Waals surface area contributed by atoms with Gasteiger partial charge in [0.1, 0.15) is 0 Å². The second kappa shape index (κ2) is 6.42. The van der Waals surface area contributed by atoms with Gasteiger partial charge >= 0.3 is 0 Å². The lowest BCUT2D eigenvalue weighted by atomic mass is 9.89. The molecule has 1 aliphatic carbocycles. The molecule has 1 N–H and O–H groups in total. The van der Waals surface area contributed by atoms with E-state index in [1.165, 1.54) is 37.7 Å². The van der Waals surface area contributed by atoms with Gasteiger partial charge in [0, 0.05) is 11.1 Å². The Morgan fingerprint density at radius 3 is 2.47 bits per heavy atom. The molecule has 94 valence electrons. The first-order valence-corrected chi connectivity index (χ1v) is 7.12. The first-order chi connectivity index (χ1) is 8.25. The summed E-state index contributed by atoms with van der Waals surface area (Å²) >= 11 is 5.89. The number of hydrogen-bond donors (Lipinski definition) is 1. The molecule has 1 aromatic carbocycles. The van der Waals surface area contributed by atoms with Gasteiger partial charge in [-0.05, 0) is 49.9 Å². The SMILES string of the molecule is CC(NCC1CCCCC1)c1ccc(Cl)cc1. The molecule has 0 saturated heterocycles. The highest BCUT2D eigenvalue weighted by molar-refractivity contribution is 6.30. The van der Waals surface area contributed by atoms with Gasteiger partial charge in [0.05, 0.1) is 0 Å². The molecule has 0 heterocycles. The van der Waals surface area contributed by atoms with Crippen LogP contribution < -0.4 is 5.32 Å². The van der Waals surface area contributed by atoms with Crippen molar-refractivity contribution in [3.63, 3.8) is 0 Å². The zero-order valence-electron chi connectivity index (χ0n) is 10.6. The van der Waals surface area contributed by atoms with Crippen LogP contribution in [0.2, 0.25) is 5.02 Å². The average Bonchev–Trinajstić information content (AvgIpc) is 2.38. The molecule has 0 amide bonds. The molecule has 0 aromatic heterocycles. The Kier molecular flexibility index (Phi) is 4.87.